The Morgan fingerprint density at radius 3 is 1.24 bits per heavy atom. The first-order chi connectivity index (χ1) is 16.1. The minimum absolute atomic E-state index is 0.600. The minimum atomic E-state index is -3.16. The molecule has 0 bridgehead atoms. The van der Waals surface area contributed by atoms with Gasteiger partial charge in [-0.2, -0.15) is 0 Å². The van der Waals surface area contributed by atoms with Gasteiger partial charge in [0.15, 0.2) is 0 Å². The Kier molecular flexibility index (Phi) is 7.22. The normalized spacial score (nSPS) is 12.5. The summed E-state index contributed by atoms with van der Waals surface area (Å²) in [6, 6.07) is 38.6. The predicted molar refractivity (Wildman–Crippen MR) is 147 cm³/mol. The van der Waals surface area contributed by atoms with Crippen LogP contribution in [-0.2, 0) is 6.16 Å². The van der Waals surface area contributed by atoms with Crippen LogP contribution in [-0.4, -0.2) is 13.2 Å². The van der Waals surface area contributed by atoms with E-state index in [4.69, 9.17) is 9.47 Å². The van der Waals surface area contributed by atoms with E-state index in [0.29, 0.717) is 13.2 Å². The maximum absolute atomic E-state index is 6.14. The third kappa shape index (κ3) is 4.33. The van der Waals surface area contributed by atoms with Gasteiger partial charge in [0.2, 0.25) is 0 Å². The number of ether oxygens (including phenoxy) is 2. The van der Waals surface area contributed by atoms with Crippen LogP contribution in [0.5, 0.6) is 11.5 Å². The van der Waals surface area contributed by atoms with Crippen molar-refractivity contribution in [3.05, 3.63) is 115 Å². The van der Waals surface area contributed by atoms with Crippen molar-refractivity contribution in [2.24, 2.45) is 0 Å². The average Bonchev–Trinajstić information content (AvgIpc) is 2.88. The van der Waals surface area contributed by atoms with E-state index in [1.807, 2.05) is 19.9 Å². The molecule has 0 aliphatic rings. The molecular formula is C29H30BrO2P. The molecular weight excluding hydrogens is 491 g/mol. The van der Waals surface area contributed by atoms with Crippen molar-refractivity contribution < 1.29 is 9.47 Å². The SMILES string of the molecule is CCOc1cccc(OCC)c1CP(Br)(c1ccccc1)(c1ccccc1)c1ccccc1. The van der Waals surface area contributed by atoms with Gasteiger partial charge in [-0.05, 0) is 0 Å². The number of hydrogen-bond acceptors (Lipinski definition) is 2. The van der Waals surface area contributed by atoms with Crippen molar-refractivity contribution in [3.63, 3.8) is 0 Å². The first-order valence-electron chi connectivity index (χ1n) is 11.4. The molecule has 0 atom stereocenters. The van der Waals surface area contributed by atoms with Crippen molar-refractivity contribution in [2.75, 3.05) is 13.2 Å². The molecule has 33 heavy (non-hydrogen) atoms. The number of halogens is 1. The fraction of sp³-hybridized carbons (Fsp3) is 0.172. The molecule has 0 unspecified atom stereocenters. The van der Waals surface area contributed by atoms with Crippen LogP contribution < -0.4 is 25.4 Å². The Balaban J connectivity index is 2.10. The van der Waals surface area contributed by atoms with Crippen LogP contribution in [0.4, 0.5) is 0 Å². The fourth-order valence-electron chi connectivity index (χ4n) is 4.52. The molecule has 0 radical (unpaired) electrons. The van der Waals surface area contributed by atoms with Gasteiger partial charge in [0.1, 0.15) is 0 Å². The maximum atomic E-state index is 6.14. The first-order valence-corrected chi connectivity index (χ1v) is 15.8. The van der Waals surface area contributed by atoms with Crippen LogP contribution in [0.3, 0.4) is 0 Å². The van der Waals surface area contributed by atoms with Crippen molar-refractivity contribution in [1.82, 2.24) is 0 Å². The molecule has 2 nitrogen and oxygen atoms in total. The average molecular weight is 521 g/mol. The summed E-state index contributed by atoms with van der Waals surface area (Å²) in [5.41, 5.74) is 1.09. The molecule has 0 aliphatic carbocycles. The van der Waals surface area contributed by atoms with Crippen molar-refractivity contribution in [2.45, 2.75) is 20.0 Å². The van der Waals surface area contributed by atoms with Crippen molar-refractivity contribution in [3.8, 4) is 11.5 Å². The molecule has 4 rings (SSSR count). The molecule has 0 saturated heterocycles. The third-order valence-electron chi connectivity index (χ3n) is 6.03. The molecule has 0 fully saturated rings. The Hall–Kier alpha value is -2.61. The van der Waals surface area contributed by atoms with Gasteiger partial charge >= 0.3 is 206 Å². The van der Waals surface area contributed by atoms with E-state index in [9.17, 15) is 0 Å². The summed E-state index contributed by atoms with van der Waals surface area (Å²) in [6.07, 6.45) is 0.731. The van der Waals surface area contributed by atoms with Gasteiger partial charge in [-0.25, -0.2) is 0 Å². The van der Waals surface area contributed by atoms with E-state index in [-0.39, 0.29) is 0 Å². The summed E-state index contributed by atoms with van der Waals surface area (Å²) in [5, 5.41) is 0.663. The second kappa shape index (κ2) is 10.1. The summed E-state index contributed by atoms with van der Waals surface area (Å²) < 4.78 is 12.3. The van der Waals surface area contributed by atoms with Gasteiger partial charge < -0.3 is 0 Å². The van der Waals surface area contributed by atoms with Gasteiger partial charge in [-0.1, -0.05) is 0 Å². The predicted octanol–water partition coefficient (Wildman–Crippen LogP) is 6.82. The molecule has 0 N–H and O–H groups in total. The van der Waals surface area contributed by atoms with Crippen LogP contribution in [0.25, 0.3) is 0 Å². The molecule has 0 heterocycles. The summed E-state index contributed by atoms with van der Waals surface area (Å²) in [5.74, 6) is 1.75. The topological polar surface area (TPSA) is 18.5 Å². The summed E-state index contributed by atoms with van der Waals surface area (Å²) >= 11 is 4.54. The second-order valence-corrected chi connectivity index (χ2v) is 16.9. The Labute approximate surface area is 205 Å². The number of benzene rings is 4. The second-order valence-electron chi connectivity index (χ2n) is 7.95. The molecule has 0 saturated carbocycles. The Morgan fingerprint density at radius 2 is 0.909 bits per heavy atom. The number of rotatable bonds is 9. The van der Waals surface area contributed by atoms with Crippen LogP contribution in [0.1, 0.15) is 19.4 Å². The molecule has 4 aromatic carbocycles. The van der Waals surface area contributed by atoms with E-state index in [1.54, 1.807) is 0 Å². The van der Waals surface area contributed by atoms with Gasteiger partial charge in [-0.15, -0.1) is 0 Å². The zero-order valence-electron chi connectivity index (χ0n) is 19.2. The molecule has 4 heteroatoms. The van der Waals surface area contributed by atoms with Crippen molar-refractivity contribution >= 4 is 36.7 Å². The molecule has 0 aliphatic heterocycles. The van der Waals surface area contributed by atoms with Gasteiger partial charge in [0.25, 0.3) is 0 Å². The van der Waals surface area contributed by atoms with Crippen LogP contribution >= 0.6 is 20.8 Å². The molecule has 4 aromatic rings. The van der Waals surface area contributed by atoms with E-state index < -0.39 is 5.31 Å². The molecule has 0 amide bonds. The summed E-state index contributed by atoms with van der Waals surface area (Å²) in [6.45, 7) is 5.25. The summed E-state index contributed by atoms with van der Waals surface area (Å²) in [7, 11) is 0. The quantitative estimate of drug-likeness (QED) is 0.225. The molecule has 0 spiro atoms. The van der Waals surface area contributed by atoms with E-state index in [2.05, 4.69) is 119 Å². The Bertz CT molecular complexity index is 1060. The first kappa shape index (κ1) is 23.5. The van der Waals surface area contributed by atoms with Crippen LogP contribution in [0.15, 0.2) is 109 Å². The zero-order chi connectivity index (χ0) is 23.2. The van der Waals surface area contributed by atoms with Gasteiger partial charge in [0, 0.05) is 0 Å². The van der Waals surface area contributed by atoms with Gasteiger partial charge in [-0.3, -0.25) is 0 Å². The van der Waals surface area contributed by atoms with Crippen LogP contribution in [0.2, 0.25) is 0 Å². The fourth-order valence-corrected chi connectivity index (χ4v) is 12.1. The third-order valence-corrected chi connectivity index (χ3v) is 15.5. The summed E-state index contributed by atoms with van der Waals surface area (Å²) in [4.78, 5) is 0. The number of hydrogen-bond donors (Lipinski definition) is 0. The molecule has 170 valence electrons. The van der Waals surface area contributed by atoms with E-state index >= 15 is 0 Å². The zero-order valence-corrected chi connectivity index (χ0v) is 21.6. The molecule has 0 aromatic heterocycles. The van der Waals surface area contributed by atoms with E-state index in [0.717, 1.165) is 23.2 Å². The standard InChI is InChI=1S/C29H30BrO2P/c1-3-31-28-21-14-22-29(32-4-2)27(28)23-33(30,24-15-8-5-9-16-24,25-17-10-6-11-18-25)26-19-12-7-13-20-26/h5-22H,3-4,23H2,1-2H3. The van der Waals surface area contributed by atoms with Crippen LogP contribution in [0, 0.1) is 0 Å². The van der Waals surface area contributed by atoms with Gasteiger partial charge in [0.05, 0.1) is 0 Å². The monoisotopic (exact) mass is 520 g/mol. The van der Waals surface area contributed by atoms with E-state index in [1.165, 1.54) is 15.9 Å². The van der Waals surface area contributed by atoms with Crippen molar-refractivity contribution in [1.29, 1.82) is 0 Å². The Morgan fingerprint density at radius 1 is 0.545 bits per heavy atom.